The van der Waals surface area contributed by atoms with Crippen molar-refractivity contribution in [1.82, 2.24) is 10.3 Å². The van der Waals surface area contributed by atoms with E-state index >= 15 is 0 Å². The summed E-state index contributed by atoms with van der Waals surface area (Å²) in [5, 5.41) is 3.52. The Hall–Kier alpha value is -0.930. The van der Waals surface area contributed by atoms with Crippen LogP contribution in [0.3, 0.4) is 0 Å². The quantitative estimate of drug-likeness (QED) is 0.790. The lowest BCUT2D eigenvalue weighted by atomic mass is 9.94. The molecule has 0 aliphatic heterocycles. The van der Waals surface area contributed by atoms with Gasteiger partial charge < -0.3 is 10.1 Å². The van der Waals surface area contributed by atoms with Gasteiger partial charge in [0.25, 0.3) is 0 Å². The molecule has 1 rings (SSSR count). The van der Waals surface area contributed by atoms with Gasteiger partial charge in [0.15, 0.2) is 0 Å². The Kier molecular flexibility index (Phi) is 6.16. The van der Waals surface area contributed by atoms with Crippen molar-refractivity contribution in [1.29, 1.82) is 0 Å². The highest BCUT2D eigenvalue weighted by molar-refractivity contribution is 5.17. The first-order chi connectivity index (χ1) is 8.19. The Balaban J connectivity index is 2.77. The van der Waals surface area contributed by atoms with Crippen LogP contribution in [-0.4, -0.2) is 25.2 Å². The van der Waals surface area contributed by atoms with Crippen LogP contribution in [-0.2, 0) is 4.74 Å². The van der Waals surface area contributed by atoms with E-state index in [1.54, 1.807) is 7.11 Å². The highest BCUT2D eigenvalue weighted by Gasteiger charge is 2.19. The lowest BCUT2D eigenvalue weighted by Gasteiger charge is -2.24. The Morgan fingerprint density at radius 3 is 2.82 bits per heavy atom. The maximum atomic E-state index is 5.15. The normalized spacial score (nSPS) is 14.6. The highest BCUT2D eigenvalue weighted by atomic mass is 16.5. The van der Waals surface area contributed by atoms with E-state index in [4.69, 9.17) is 4.74 Å². The minimum Gasteiger partial charge on any atom is -0.385 e. The van der Waals surface area contributed by atoms with Crippen molar-refractivity contribution in [2.75, 3.05) is 20.3 Å². The summed E-state index contributed by atoms with van der Waals surface area (Å²) in [7, 11) is 1.75. The van der Waals surface area contributed by atoms with E-state index in [2.05, 4.69) is 37.1 Å². The molecule has 0 spiro atoms. The Labute approximate surface area is 105 Å². The Morgan fingerprint density at radius 2 is 2.24 bits per heavy atom. The van der Waals surface area contributed by atoms with Crippen LogP contribution in [0.2, 0.25) is 0 Å². The molecule has 0 aliphatic rings. The molecule has 17 heavy (non-hydrogen) atoms. The van der Waals surface area contributed by atoms with Crippen molar-refractivity contribution in [3.05, 3.63) is 29.6 Å². The van der Waals surface area contributed by atoms with Gasteiger partial charge in [-0.05, 0) is 43.5 Å². The zero-order chi connectivity index (χ0) is 12.7. The molecule has 1 heterocycles. The highest BCUT2D eigenvalue weighted by Crippen LogP contribution is 2.23. The van der Waals surface area contributed by atoms with Gasteiger partial charge in [0, 0.05) is 19.9 Å². The predicted octanol–water partition coefficient (Wildman–Crippen LogP) is 2.71. The number of pyridine rings is 1. The van der Waals surface area contributed by atoms with Gasteiger partial charge in [0.05, 0.1) is 11.7 Å². The minimum atomic E-state index is 0.315. The molecule has 96 valence electrons. The number of aromatic nitrogens is 1. The smallest absolute Gasteiger partial charge is 0.0578 e. The second-order valence-electron chi connectivity index (χ2n) is 4.55. The first-order valence-electron chi connectivity index (χ1n) is 6.34. The zero-order valence-electron chi connectivity index (χ0n) is 11.4. The molecule has 0 radical (unpaired) electrons. The molecule has 1 N–H and O–H groups in total. The molecular weight excluding hydrogens is 212 g/mol. The topological polar surface area (TPSA) is 34.2 Å². The number of ether oxygens (including phenoxy) is 1. The van der Waals surface area contributed by atoms with Crippen LogP contribution in [0.1, 0.15) is 37.6 Å². The molecule has 2 atom stereocenters. The van der Waals surface area contributed by atoms with E-state index in [1.807, 2.05) is 12.3 Å². The van der Waals surface area contributed by atoms with Gasteiger partial charge in [0.1, 0.15) is 0 Å². The third-order valence-electron chi connectivity index (χ3n) is 3.03. The van der Waals surface area contributed by atoms with Crippen LogP contribution in [0.5, 0.6) is 0 Å². The second-order valence-corrected chi connectivity index (χ2v) is 4.55. The maximum absolute atomic E-state index is 5.15. The Bertz CT molecular complexity index is 328. The van der Waals surface area contributed by atoms with Crippen molar-refractivity contribution in [2.24, 2.45) is 5.92 Å². The maximum Gasteiger partial charge on any atom is 0.0578 e. The average molecular weight is 236 g/mol. The van der Waals surface area contributed by atoms with Gasteiger partial charge in [-0.2, -0.15) is 0 Å². The number of aryl methyl sites for hydroxylation is 1. The van der Waals surface area contributed by atoms with E-state index in [-0.39, 0.29) is 0 Å². The lowest BCUT2D eigenvalue weighted by Crippen LogP contribution is -2.28. The molecular formula is C14H24N2O. The minimum absolute atomic E-state index is 0.315. The summed E-state index contributed by atoms with van der Waals surface area (Å²) < 4.78 is 5.15. The summed E-state index contributed by atoms with van der Waals surface area (Å²) in [6.45, 7) is 8.24. The van der Waals surface area contributed by atoms with Crippen molar-refractivity contribution in [3.8, 4) is 0 Å². The van der Waals surface area contributed by atoms with E-state index in [0.29, 0.717) is 12.0 Å². The summed E-state index contributed by atoms with van der Waals surface area (Å²) in [5.41, 5.74) is 2.40. The van der Waals surface area contributed by atoms with Crippen molar-refractivity contribution in [2.45, 2.75) is 33.2 Å². The van der Waals surface area contributed by atoms with Crippen LogP contribution < -0.4 is 5.32 Å². The molecule has 0 bridgehead atoms. The predicted molar refractivity (Wildman–Crippen MR) is 71.0 cm³/mol. The van der Waals surface area contributed by atoms with Crippen LogP contribution >= 0.6 is 0 Å². The van der Waals surface area contributed by atoms with Crippen molar-refractivity contribution >= 4 is 0 Å². The molecule has 0 aromatic carbocycles. The third kappa shape index (κ3) is 4.44. The van der Waals surface area contributed by atoms with Gasteiger partial charge in [0.2, 0.25) is 0 Å². The molecule has 3 nitrogen and oxygen atoms in total. The van der Waals surface area contributed by atoms with Crippen molar-refractivity contribution in [3.63, 3.8) is 0 Å². The SMILES string of the molecule is CCNC(c1cc(C)ccn1)C(C)CCOC. The molecule has 2 unspecified atom stereocenters. The number of rotatable bonds is 7. The van der Waals surface area contributed by atoms with Gasteiger partial charge >= 0.3 is 0 Å². The number of hydrogen-bond acceptors (Lipinski definition) is 3. The third-order valence-corrected chi connectivity index (χ3v) is 3.03. The first-order valence-corrected chi connectivity index (χ1v) is 6.34. The first kappa shape index (κ1) is 14.1. The summed E-state index contributed by atoms with van der Waals surface area (Å²) in [5.74, 6) is 0.518. The zero-order valence-corrected chi connectivity index (χ0v) is 11.4. The summed E-state index contributed by atoms with van der Waals surface area (Å²) in [4.78, 5) is 4.48. The van der Waals surface area contributed by atoms with Crippen LogP contribution in [0.4, 0.5) is 0 Å². The van der Waals surface area contributed by atoms with E-state index in [0.717, 1.165) is 25.3 Å². The molecule has 0 aliphatic carbocycles. The van der Waals surface area contributed by atoms with Crippen LogP contribution in [0.25, 0.3) is 0 Å². The molecule has 0 amide bonds. The van der Waals surface area contributed by atoms with E-state index < -0.39 is 0 Å². The summed E-state index contributed by atoms with van der Waals surface area (Å²) in [6, 6.07) is 4.51. The van der Waals surface area contributed by atoms with Crippen LogP contribution in [0, 0.1) is 12.8 Å². The van der Waals surface area contributed by atoms with Gasteiger partial charge in [-0.15, -0.1) is 0 Å². The summed E-state index contributed by atoms with van der Waals surface area (Å²) >= 11 is 0. The molecule has 0 saturated carbocycles. The van der Waals surface area contributed by atoms with Crippen molar-refractivity contribution < 1.29 is 4.74 Å². The van der Waals surface area contributed by atoms with Gasteiger partial charge in [-0.3, -0.25) is 4.98 Å². The monoisotopic (exact) mass is 236 g/mol. The molecule has 1 aromatic heterocycles. The Morgan fingerprint density at radius 1 is 1.47 bits per heavy atom. The fourth-order valence-corrected chi connectivity index (χ4v) is 2.02. The molecule has 1 aromatic rings. The van der Waals surface area contributed by atoms with Gasteiger partial charge in [-0.25, -0.2) is 0 Å². The average Bonchev–Trinajstić information content (AvgIpc) is 2.33. The van der Waals surface area contributed by atoms with E-state index in [9.17, 15) is 0 Å². The number of methoxy groups -OCH3 is 1. The van der Waals surface area contributed by atoms with Gasteiger partial charge in [-0.1, -0.05) is 13.8 Å². The fraction of sp³-hybridized carbons (Fsp3) is 0.643. The standard InChI is InChI=1S/C14H24N2O/c1-5-15-14(12(3)7-9-17-4)13-10-11(2)6-8-16-13/h6,8,10,12,14-15H,5,7,9H2,1-4H3. The number of hydrogen-bond donors (Lipinski definition) is 1. The molecule has 0 fully saturated rings. The number of nitrogens with zero attached hydrogens (tertiary/aromatic N) is 1. The lowest BCUT2D eigenvalue weighted by molar-refractivity contribution is 0.170. The molecule has 3 heteroatoms. The van der Waals surface area contributed by atoms with E-state index in [1.165, 1.54) is 5.56 Å². The number of nitrogens with one attached hydrogen (secondary N) is 1. The fourth-order valence-electron chi connectivity index (χ4n) is 2.02. The molecule has 0 saturated heterocycles. The van der Waals surface area contributed by atoms with Crippen LogP contribution in [0.15, 0.2) is 18.3 Å². The summed E-state index contributed by atoms with van der Waals surface area (Å²) in [6.07, 6.45) is 2.93. The second kappa shape index (κ2) is 7.41. The largest absolute Gasteiger partial charge is 0.385 e.